The van der Waals surface area contributed by atoms with Crippen LogP contribution in [-0.4, -0.2) is 19.7 Å². The zero-order chi connectivity index (χ0) is 17.6. The van der Waals surface area contributed by atoms with E-state index in [9.17, 15) is 12.6 Å². The number of ether oxygens (including phenoxy) is 1. The van der Waals surface area contributed by atoms with E-state index in [0.29, 0.717) is 23.7 Å². The minimum atomic E-state index is 0. The van der Waals surface area contributed by atoms with Crippen molar-refractivity contribution in [2.45, 2.75) is 14.0 Å². The first-order valence-corrected chi connectivity index (χ1v) is 8.51. The fourth-order valence-electron chi connectivity index (χ4n) is 1.52. The van der Waals surface area contributed by atoms with Gasteiger partial charge in [0.15, 0.2) is 0 Å². The van der Waals surface area contributed by atoms with Gasteiger partial charge in [-0.25, -0.2) is 0 Å². The summed E-state index contributed by atoms with van der Waals surface area (Å²) in [5.41, 5.74) is 2.91. The first-order chi connectivity index (χ1) is 11.7. The lowest BCUT2D eigenvalue weighted by molar-refractivity contribution is 0.185. The molecule has 0 fully saturated rings. The summed E-state index contributed by atoms with van der Waals surface area (Å²) >= 11 is 0.520. The van der Waals surface area contributed by atoms with E-state index in [4.69, 9.17) is 4.74 Å². The van der Waals surface area contributed by atoms with Crippen LogP contribution in [0.4, 0.5) is 17.1 Å². The highest BCUT2D eigenvalue weighted by atomic mass is 32.1. The van der Waals surface area contributed by atoms with E-state index in [1.807, 2.05) is 12.1 Å². The summed E-state index contributed by atoms with van der Waals surface area (Å²) < 4.78 is 45.6. The summed E-state index contributed by atoms with van der Waals surface area (Å²) in [5, 5.41) is 0. The second-order valence-electron chi connectivity index (χ2n) is 4.11. The van der Waals surface area contributed by atoms with Gasteiger partial charge < -0.3 is 4.74 Å². The van der Waals surface area contributed by atoms with Crippen molar-refractivity contribution in [2.75, 3.05) is 7.11 Å². The minimum absolute atomic E-state index is 0. The first-order valence-electron chi connectivity index (χ1n) is 6.41. The number of hydrogen-bond acceptors (Lipinski definition) is 7. The Balaban J connectivity index is 0.000000443. The van der Waals surface area contributed by atoms with Crippen molar-refractivity contribution in [3.63, 3.8) is 0 Å². The Bertz CT molecular complexity index is 757. The standard InChI is InChI=1S/C8H9NO2S.C6H4N2O2S2.CH4/c1-11-6-7-2-4-8(5-3-7)9-12-10;9-11-7-5-1-2-6(4-3-5)8-12-10;/h2-5H,6H2,1H3;1-4H;1H4. The Morgan fingerprint density at radius 1 is 0.720 bits per heavy atom. The van der Waals surface area contributed by atoms with Crippen molar-refractivity contribution < 1.29 is 17.4 Å². The van der Waals surface area contributed by atoms with Crippen molar-refractivity contribution in [1.82, 2.24) is 0 Å². The number of benzene rings is 2. The van der Waals surface area contributed by atoms with Crippen LogP contribution in [0.3, 0.4) is 0 Å². The summed E-state index contributed by atoms with van der Waals surface area (Å²) in [6.45, 7) is 0.588. The van der Waals surface area contributed by atoms with Crippen LogP contribution in [0.25, 0.3) is 0 Å². The average molecular weight is 400 g/mol. The molecule has 0 N–H and O–H groups in total. The molecule has 2 aromatic rings. The van der Waals surface area contributed by atoms with Crippen LogP contribution >= 0.6 is 0 Å². The van der Waals surface area contributed by atoms with Crippen LogP contribution in [0.5, 0.6) is 0 Å². The lowest BCUT2D eigenvalue weighted by Crippen LogP contribution is -1.84. The number of methoxy groups -OCH3 is 1. The third-order valence-corrected chi connectivity index (χ3v) is 3.38. The molecule has 0 aliphatic heterocycles. The van der Waals surface area contributed by atoms with E-state index in [1.165, 1.54) is 0 Å². The van der Waals surface area contributed by atoms with E-state index in [0.717, 1.165) is 5.56 Å². The van der Waals surface area contributed by atoms with Gasteiger partial charge in [0.05, 0.1) is 23.7 Å². The number of rotatable bonds is 5. The highest BCUT2D eigenvalue weighted by Crippen LogP contribution is 2.17. The Hall–Kier alpha value is -2.14. The molecular weight excluding hydrogens is 382 g/mol. The summed E-state index contributed by atoms with van der Waals surface area (Å²) in [4.78, 5) is 0. The maximum absolute atomic E-state index is 10.0. The molecule has 0 radical (unpaired) electrons. The fraction of sp³-hybridized carbons (Fsp3) is 0.200. The molecule has 0 unspecified atom stereocenters. The number of hydrogen-bond donors (Lipinski definition) is 0. The molecule has 2 aromatic carbocycles. The van der Waals surface area contributed by atoms with Gasteiger partial charge in [0.25, 0.3) is 0 Å². The molecule has 0 heterocycles. The van der Waals surface area contributed by atoms with Crippen molar-refractivity contribution >= 4 is 51.5 Å². The molecule has 10 heteroatoms. The van der Waals surface area contributed by atoms with Crippen molar-refractivity contribution in [3.8, 4) is 0 Å². The molecule has 0 spiro atoms. The molecule has 25 heavy (non-hydrogen) atoms. The third kappa shape index (κ3) is 9.67. The Labute approximate surface area is 157 Å². The molecule has 7 nitrogen and oxygen atoms in total. The van der Waals surface area contributed by atoms with Gasteiger partial charge in [-0.05, 0) is 42.0 Å². The molecular formula is C15H17N3O4S3. The van der Waals surface area contributed by atoms with E-state index in [1.54, 1.807) is 43.5 Å². The topological polar surface area (TPSA) is 97.5 Å². The largest absolute Gasteiger partial charge is 0.380 e. The van der Waals surface area contributed by atoms with E-state index in [-0.39, 0.29) is 41.8 Å². The smallest absolute Gasteiger partial charge is 0.205 e. The Morgan fingerprint density at radius 3 is 1.32 bits per heavy atom. The Kier molecular flexibility index (Phi) is 13.0. The zero-order valence-corrected chi connectivity index (χ0v) is 15.0. The second-order valence-corrected chi connectivity index (χ2v) is 5.11. The maximum atomic E-state index is 10.0. The SMILES string of the molecule is C.COCc1ccc(N=S=O)cc1.O=S=Nc1ccc(N=S=O)cc1. The minimum Gasteiger partial charge on any atom is -0.380 e. The van der Waals surface area contributed by atoms with E-state index >= 15 is 0 Å². The molecule has 0 aromatic heterocycles. The monoisotopic (exact) mass is 399 g/mol. The summed E-state index contributed by atoms with van der Waals surface area (Å²) in [6.07, 6.45) is 0. The molecule has 0 bridgehead atoms. The van der Waals surface area contributed by atoms with Crippen LogP contribution in [0.1, 0.15) is 13.0 Å². The predicted octanol–water partition coefficient (Wildman–Crippen LogP) is 4.24. The van der Waals surface area contributed by atoms with E-state index < -0.39 is 0 Å². The van der Waals surface area contributed by atoms with Gasteiger partial charge in [0.2, 0.25) is 34.4 Å². The van der Waals surface area contributed by atoms with Gasteiger partial charge in [0, 0.05) is 7.11 Å². The highest BCUT2D eigenvalue weighted by molar-refractivity contribution is 7.55. The molecule has 0 aliphatic carbocycles. The lowest BCUT2D eigenvalue weighted by Gasteiger charge is -1.97. The normalized spacial score (nSPS) is 8.68. The predicted molar refractivity (Wildman–Crippen MR) is 101 cm³/mol. The van der Waals surface area contributed by atoms with Crippen LogP contribution in [0.15, 0.2) is 61.6 Å². The maximum Gasteiger partial charge on any atom is 0.205 e. The van der Waals surface area contributed by atoms with Crippen molar-refractivity contribution in [3.05, 3.63) is 54.1 Å². The quantitative estimate of drug-likeness (QED) is 0.751. The molecule has 0 aliphatic rings. The lowest BCUT2D eigenvalue weighted by atomic mass is 10.2. The fourth-order valence-corrected chi connectivity index (χ4v) is 2.15. The van der Waals surface area contributed by atoms with Gasteiger partial charge in [-0.2, -0.15) is 25.7 Å². The van der Waals surface area contributed by atoms with Gasteiger partial charge >= 0.3 is 0 Å². The number of nitrogens with zero attached hydrogens (tertiary/aromatic N) is 3. The molecule has 0 atom stereocenters. The van der Waals surface area contributed by atoms with Crippen LogP contribution in [0.2, 0.25) is 0 Å². The Morgan fingerprint density at radius 2 is 1.04 bits per heavy atom. The average Bonchev–Trinajstić information content (AvgIpc) is 2.60. The van der Waals surface area contributed by atoms with Gasteiger partial charge in [-0.1, -0.05) is 19.6 Å². The van der Waals surface area contributed by atoms with Crippen LogP contribution in [0, 0.1) is 0 Å². The molecule has 0 saturated heterocycles. The van der Waals surface area contributed by atoms with Crippen molar-refractivity contribution in [2.24, 2.45) is 13.1 Å². The molecule has 0 amide bonds. The molecule has 2 rings (SSSR count). The first kappa shape index (κ1) is 22.9. The van der Waals surface area contributed by atoms with Crippen molar-refractivity contribution in [1.29, 1.82) is 0 Å². The third-order valence-electron chi connectivity index (χ3n) is 2.53. The van der Waals surface area contributed by atoms with Crippen LogP contribution < -0.4 is 0 Å². The molecule has 134 valence electrons. The van der Waals surface area contributed by atoms with Crippen LogP contribution in [-0.2, 0) is 45.7 Å². The summed E-state index contributed by atoms with van der Waals surface area (Å²) in [6, 6.07) is 13.9. The van der Waals surface area contributed by atoms with E-state index in [2.05, 4.69) is 13.1 Å². The second kappa shape index (κ2) is 14.2. The molecule has 0 saturated carbocycles. The zero-order valence-electron chi connectivity index (χ0n) is 12.5. The van der Waals surface area contributed by atoms with Gasteiger partial charge in [-0.3, -0.25) is 0 Å². The van der Waals surface area contributed by atoms with Gasteiger partial charge in [-0.15, -0.1) is 0 Å². The highest BCUT2D eigenvalue weighted by Gasteiger charge is 1.91. The summed E-state index contributed by atoms with van der Waals surface area (Å²) in [5.74, 6) is 0. The summed E-state index contributed by atoms with van der Waals surface area (Å²) in [7, 11) is 1.64. The van der Waals surface area contributed by atoms with Gasteiger partial charge in [0.1, 0.15) is 0 Å².